The number of sulfonamides is 1. The zero-order valence-corrected chi connectivity index (χ0v) is 13.6. The number of thiazole rings is 1. The van der Waals surface area contributed by atoms with Crippen molar-refractivity contribution in [3.05, 3.63) is 15.4 Å². The normalized spacial score (nSPS) is 20.4. The van der Waals surface area contributed by atoms with E-state index in [0.29, 0.717) is 36.4 Å². The molecule has 1 saturated heterocycles. The summed E-state index contributed by atoms with van der Waals surface area (Å²) in [4.78, 5) is 25.2. The monoisotopic (exact) mass is 334 g/mol. The summed E-state index contributed by atoms with van der Waals surface area (Å²) in [6.45, 7) is 4.00. The average molecular weight is 334 g/mol. The van der Waals surface area contributed by atoms with E-state index in [9.17, 15) is 18.0 Å². The second-order valence-corrected chi connectivity index (χ2v) is 8.00. The van der Waals surface area contributed by atoms with E-state index >= 15 is 0 Å². The maximum atomic E-state index is 12.6. The second-order valence-electron chi connectivity index (χ2n) is 4.88. The number of ether oxygens (including phenoxy) is 1. The summed E-state index contributed by atoms with van der Waals surface area (Å²) in [7, 11) is -3.74. The van der Waals surface area contributed by atoms with Crippen molar-refractivity contribution in [3.8, 4) is 0 Å². The first-order chi connectivity index (χ1) is 9.86. The number of carbonyl (C=O) groups is 1. The first-order valence-corrected chi connectivity index (χ1v) is 8.98. The summed E-state index contributed by atoms with van der Waals surface area (Å²) in [5, 5.41) is 0. The van der Waals surface area contributed by atoms with Gasteiger partial charge in [0.2, 0.25) is 0 Å². The summed E-state index contributed by atoms with van der Waals surface area (Å²) in [5.41, 5.74) is 0.336. The number of aryl methyl sites for hydroxylation is 1. The lowest BCUT2D eigenvalue weighted by molar-refractivity contribution is -0.149. The molecule has 118 valence electrons. The quantitative estimate of drug-likeness (QED) is 0.818. The van der Waals surface area contributed by atoms with Crippen molar-refractivity contribution >= 4 is 27.3 Å². The summed E-state index contributed by atoms with van der Waals surface area (Å²) in [6, 6.07) is 0. The zero-order chi connectivity index (χ0) is 15.6. The topological polar surface area (TPSA) is 96.5 Å². The number of hydrogen-bond acceptors (Lipinski definition) is 6. The fourth-order valence-electron chi connectivity index (χ4n) is 2.37. The molecule has 0 bridgehead atoms. The van der Waals surface area contributed by atoms with Crippen LogP contribution in [0.2, 0.25) is 0 Å². The maximum Gasteiger partial charge on any atom is 0.310 e. The van der Waals surface area contributed by atoms with Crippen LogP contribution in [0, 0.1) is 12.8 Å². The molecule has 1 aliphatic heterocycles. The van der Waals surface area contributed by atoms with Crippen LogP contribution in [-0.4, -0.2) is 43.4 Å². The predicted octanol–water partition coefficient (Wildman–Crippen LogP) is 0.709. The van der Waals surface area contributed by atoms with Gasteiger partial charge in [0.25, 0.3) is 10.0 Å². The fraction of sp³-hybridized carbons (Fsp3) is 0.667. The molecule has 0 radical (unpaired) electrons. The van der Waals surface area contributed by atoms with Crippen molar-refractivity contribution in [1.82, 2.24) is 9.29 Å². The summed E-state index contributed by atoms with van der Waals surface area (Å²) >= 11 is 0.678. The van der Waals surface area contributed by atoms with Gasteiger partial charge in [-0.2, -0.15) is 4.31 Å². The fourth-order valence-corrected chi connectivity index (χ4v) is 5.33. The summed E-state index contributed by atoms with van der Waals surface area (Å²) in [6.07, 6.45) is 1.22. The molecular weight excluding hydrogens is 316 g/mol. The highest BCUT2D eigenvalue weighted by atomic mass is 32.2. The Morgan fingerprint density at radius 3 is 2.81 bits per heavy atom. The van der Waals surface area contributed by atoms with Gasteiger partial charge in [-0.25, -0.2) is 8.42 Å². The standard InChI is InChI=1S/C12H18N2O5S2/c1-3-19-10(15)9-5-4-6-14(7-9)21(17,18)11-8(2)13-12(16)20-11/h9H,3-7H2,1-2H3,(H,13,16)/t9-/m0/s1. The SMILES string of the molecule is CCOC(=O)[C@H]1CCCN(S(=O)(=O)c2sc(=O)[nH]c2C)C1. The van der Waals surface area contributed by atoms with Crippen molar-refractivity contribution in [1.29, 1.82) is 0 Å². The molecule has 1 N–H and O–H groups in total. The number of esters is 1. The number of aromatic nitrogens is 1. The van der Waals surface area contributed by atoms with Crippen LogP contribution in [0.1, 0.15) is 25.5 Å². The first kappa shape index (κ1) is 16.2. The minimum atomic E-state index is -3.74. The van der Waals surface area contributed by atoms with Gasteiger partial charge in [0.1, 0.15) is 0 Å². The van der Waals surface area contributed by atoms with E-state index in [1.54, 1.807) is 13.8 Å². The van der Waals surface area contributed by atoms with Crippen molar-refractivity contribution < 1.29 is 17.9 Å². The number of rotatable bonds is 4. The molecule has 0 saturated carbocycles. The number of hydrogen-bond donors (Lipinski definition) is 1. The van der Waals surface area contributed by atoms with Gasteiger partial charge < -0.3 is 9.72 Å². The van der Waals surface area contributed by atoms with E-state index in [4.69, 9.17) is 4.74 Å². The molecule has 1 aliphatic rings. The molecule has 0 amide bonds. The lowest BCUT2D eigenvalue weighted by Gasteiger charge is -2.30. The Bertz CT molecular complexity index is 676. The largest absolute Gasteiger partial charge is 0.466 e. The highest BCUT2D eigenvalue weighted by molar-refractivity contribution is 7.91. The average Bonchev–Trinajstić information content (AvgIpc) is 2.79. The lowest BCUT2D eigenvalue weighted by atomic mass is 10.0. The van der Waals surface area contributed by atoms with Crippen molar-refractivity contribution in [2.45, 2.75) is 30.9 Å². The maximum absolute atomic E-state index is 12.6. The third-order valence-corrected chi connectivity index (χ3v) is 6.81. The molecule has 7 nitrogen and oxygen atoms in total. The number of piperidine rings is 1. The Balaban J connectivity index is 2.22. The van der Waals surface area contributed by atoms with Gasteiger partial charge in [-0.1, -0.05) is 11.3 Å². The molecule has 0 unspecified atom stereocenters. The Labute approximate surface area is 127 Å². The van der Waals surface area contributed by atoms with E-state index < -0.39 is 20.8 Å². The number of nitrogens with zero attached hydrogens (tertiary/aromatic N) is 1. The van der Waals surface area contributed by atoms with Crippen molar-refractivity contribution in [2.24, 2.45) is 5.92 Å². The van der Waals surface area contributed by atoms with Crippen LogP contribution in [0.3, 0.4) is 0 Å². The first-order valence-electron chi connectivity index (χ1n) is 6.72. The number of carbonyl (C=O) groups excluding carboxylic acids is 1. The number of aromatic amines is 1. The van der Waals surface area contributed by atoms with Gasteiger partial charge in [-0.15, -0.1) is 0 Å². The van der Waals surface area contributed by atoms with Crippen LogP contribution in [-0.2, 0) is 19.6 Å². The van der Waals surface area contributed by atoms with Gasteiger partial charge in [-0.3, -0.25) is 9.59 Å². The number of nitrogens with one attached hydrogen (secondary N) is 1. The molecule has 21 heavy (non-hydrogen) atoms. The molecule has 1 fully saturated rings. The third kappa shape index (κ3) is 3.35. The molecule has 0 aliphatic carbocycles. The Morgan fingerprint density at radius 2 is 2.24 bits per heavy atom. The van der Waals surface area contributed by atoms with E-state index in [1.807, 2.05) is 0 Å². The van der Waals surface area contributed by atoms with Crippen LogP contribution in [0.25, 0.3) is 0 Å². The predicted molar refractivity (Wildman–Crippen MR) is 77.8 cm³/mol. The van der Waals surface area contributed by atoms with Crippen molar-refractivity contribution in [2.75, 3.05) is 19.7 Å². The Hall–Kier alpha value is -1.19. The molecule has 2 heterocycles. The molecule has 1 atom stereocenters. The molecule has 0 spiro atoms. The molecule has 0 aromatic carbocycles. The van der Waals surface area contributed by atoms with Crippen LogP contribution in [0.4, 0.5) is 0 Å². The minimum absolute atomic E-state index is 0.0250. The Kier molecular flexibility index (Phi) is 4.84. The van der Waals surface area contributed by atoms with Gasteiger partial charge in [0.05, 0.1) is 12.5 Å². The molecule has 1 aromatic rings. The van der Waals surface area contributed by atoms with E-state index in [0.717, 1.165) is 0 Å². The van der Waals surface area contributed by atoms with E-state index in [-0.39, 0.29) is 23.3 Å². The van der Waals surface area contributed by atoms with Crippen LogP contribution < -0.4 is 4.87 Å². The van der Waals surface area contributed by atoms with Crippen LogP contribution in [0.5, 0.6) is 0 Å². The second kappa shape index (κ2) is 6.29. The van der Waals surface area contributed by atoms with E-state index in [2.05, 4.69) is 4.98 Å². The highest BCUT2D eigenvalue weighted by Crippen LogP contribution is 2.27. The highest BCUT2D eigenvalue weighted by Gasteiger charge is 2.35. The smallest absolute Gasteiger partial charge is 0.310 e. The lowest BCUT2D eigenvalue weighted by Crippen LogP contribution is -2.42. The van der Waals surface area contributed by atoms with Gasteiger partial charge >= 0.3 is 10.8 Å². The summed E-state index contributed by atoms with van der Waals surface area (Å²) < 4.78 is 31.4. The van der Waals surface area contributed by atoms with Crippen molar-refractivity contribution in [3.63, 3.8) is 0 Å². The van der Waals surface area contributed by atoms with Crippen LogP contribution in [0.15, 0.2) is 9.00 Å². The molecular formula is C12H18N2O5S2. The van der Waals surface area contributed by atoms with Gasteiger partial charge in [0.15, 0.2) is 4.21 Å². The number of H-pyrrole nitrogens is 1. The molecule has 9 heteroatoms. The minimum Gasteiger partial charge on any atom is -0.466 e. The van der Waals surface area contributed by atoms with Crippen LogP contribution >= 0.6 is 11.3 Å². The third-order valence-electron chi connectivity index (χ3n) is 3.36. The zero-order valence-electron chi connectivity index (χ0n) is 11.9. The van der Waals surface area contributed by atoms with Gasteiger partial charge in [-0.05, 0) is 26.7 Å². The summed E-state index contributed by atoms with van der Waals surface area (Å²) in [5.74, 6) is -0.805. The Morgan fingerprint density at radius 1 is 1.52 bits per heavy atom. The molecule has 1 aromatic heterocycles. The van der Waals surface area contributed by atoms with E-state index in [1.165, 1.54) is 4.31 Å². The molecule has 2 rings (SSSR count). The van der Waals surface area contributed by atoms with Gasteiger partial charge in [0, 0.05) is 18.8 Å².